The van der Waals surface area contributed by atoms with Gasteiger partial charge in [0, 0.05) is 56.5 Å². The highest BCUT2D eigenvalue weighted by molar-refractivity contribution is 6.06. The summed E-state index contributed by atoms with van der Waals surface area (Å²) in [5, 5.41) is 17.2. The van der Waals surface area contributed by atoms with E-state index in [9.17, 15) is 14.3 Å². The minimum Gasteiger partial charge on any atom is -0.387 e. The van der Waals surface area contributed by atoms with Gasteiger partial charge in [-0.1, -0.05) is 6.07 Å². The number of halogens is 1. The van der Waals surface area contributed by atoms with E-state index in [2.05, 4.69) is 30.4 Å². The topological polar surface area (TPSA) is 98.0 Å². The van der Waals surface area contributed by atoms with Crippen LogP contribution in [-0.4, -0.2) is 69.1 Å². The van der Waals surface area contributed by atoms with Crippen molar-refractivity contribution in [2.75, 3.05) is 43.4 Å². The number of aliphatic hydroxyl groups is 1. The molecule has 3 aromatic heterocycles. The van der Waals surface area contributed by atoms with Gasteiger partial charge in [-0.25, -0.2) is 14.4 Å². The highest BCUT2D eigenvalue weighted by Gasteiger charge is 2.46. The molecule has 200 valence electrons. The number of nitrogens with zero attached hydrogens (tertiary/aromatic N) is 5. The van der Waals surface area contributed by atoms with Crippen molar-refractivity contribution in [2.45, 2.75) is 25.0 Å². The molecule has 0 unspecified atom stereocenters. The normalized spacial score (nSPS) is 20.5. The number of β-amino-alcohol motifs (C(OH)–C–C–N with tert-alkyl or cyclic N) is 1. The van der Waals surface area contributed by atoms with Crippen LogP contribution in [0.15, 0.2) is 55.0 Å². The van der Waals surface area contributed by atoms with Gasteiger partial charge >= 0.3 is 0 Å². The number of carbonyl (C=O) groups excluding carboxylic acids is 1. The standard InChI is InChI=1S/C29H30FN7O2/c1-35-16-29(39,17-35)18-3-2-9-36(15-18)20-4-7-25(31-12-20)34-23-6-5-21(22-13-33-28(38)27(22)23)24-14-32-26-11-19(30)8-10-37(24)26/h4-8,10-12,14,18,39H,2-3,9,13,15-17H2,1H3,(H,31,34)(H,33,38)/t18-/m1/s1. The molecule has 7 rings (SSSR count). The van der Waals surface area contributed by atoms with E-state index in [0.717, 1.165) is 61.5 Å². The first kappa shape index (κ1) is 24.1. The number of likely N-dealkylation sites (N-methyl/N-ethyl adjacent to an activating group) is 1. The van der Waals surface area contributed by atoms with Gasteiger partial charge in [-0.2, -0.15) is 0 Å². The molecule has 2 saturated heterocycles. The number of fused-ring (bicyclic) bond motifs is 2. The third-order valence-electron chi connectivity index (χ3n) is 8.36. The summed E-state index contributed by atoms with van der Waals surface area (Å²) in [7, 11) is 2.04. The molecule has 6 heterocycles. The summed E-state index contributed by atoms with van der Waals surface area (Å²) in [6.07, 6.45) is 7.30. The number of likely N-dealkylation sites (tertiary alicyclic amines) is 1. The predicted octanol–water partition coefficient (Wildman–Crippen LogP) is 3.42. The van der Waals surface area contributed by atoms with Crippen LogP contribution in [0.1, 0.15) is 28.8 Å². The van der Waals surface area contributed by atoms with Crippen LogP contribution in [0, 0.1) is 11.7 Å². The molecule has 0 bridgehead atoms. The number of hydrogen-bond donors (Lipinski definition) is 3. The first-order valence-electron chi connectivity index (χ1n) is 13.3. The Morgan fingerprint density at radius 1 is 1.15 bits per heavy atom. The molecule has 9 nitrogen and oxygen atoms in total. The maximum absolute atomic E-state index is 13.7. The average molecular weight is 528 g/mol. The number of nitrogens with one attached hydrogen (secondary N) is 2. The minimum absolute atomic E-state index is 0.148. The predicted molar refractivity (Wildman–Crippen MR) is 147 cm³/mol. The molecule has 2 fully saturated rings. The molecule has 3 aliphatic heterocycles. The van der Waals surface area contributed by atoms with Crippen molar-refractivity contribution in [3.8, 4) is 11.3 Å². The molecule has 0 spiro atoms. The van der Waals surface area contributed by atoms with Crippen molar-refractivity contribution in [3.63, 3.8) is 0 Å². The Hall–Kier alpha value is -4.02. The number of carbonyl (C=O) groups is 1. The first-order chi connectivity index (χ1) is 18.9. The molecule has 0 aliphatic carbocycles. The van der Waals surface area contributed by atoms with E-state index in [4.69, 9.17) is 0 Å². The number of pyridine rings is 2. The number of piperidine rings is 1. The SMILES string of the molecule is CN1CC(O)([C@@H]2CCCN(c3ccc(Nc4ccc(-c5cnc6cc(F)ccn56)c5c4C(=O)NC5)nc3)C2)C1. The number of anilines is 3. The van der Waals surface area contributed by atoms with Gasteiger partial charge in [-0.15, -0.1) is 0 Å². The molecule has 1 aromatic carbocycles. The summed E-state index contributed by atoms with van der Waals surface area (Å²) >= 11 is 0. The van der Waals surface area contributed by atoms with Gasteiger partial charge in [0.1, 0.15) is 17.3 Å². The summed E-state index contributed by atoms with van der Waals surface area (Å²) < 4.78 is 15.5. The van der Waals surface area contributed by atoms with Crippen molar-refractivity contribution in [1.82, 2.24) is 24.6 Å². The summed E-state index contributed by atoms with van der Waals surface area (Å²) in [4.78, 5) is 26.3. The Labute approximate surface area is 225 Å². The lowest BCUT2D eigenvalue weighted by molar-refractivity contribution is -0.128. The van der Waals surface area contributed by atoms with Gasteiger partial charge < -0.3 is 25.5 Å². The van der Waals surface area contributed by atoms with Crippen LogP contribution in [0.25, 0.3) is 16.9 Å². The Morgan fingerprint density at radius 2 is 2.03 bits per heavy atom. The zero-order chi connectivity index (χ0) is 26.7. The molecule has 1 amide bonds. The summed E-state index contributed by atoms with van der Waals surface area (Å²) in [5.41, 5.74) is 4.74. The molecule has 3 aliphatic rings. The fourth-order valence-corrected chi connectivity index (χ4v) is 6.43. The minimum atomic E-state index is -0.588. The lowest BCUT2D eigenvalue weighted by Crippen LogP contribution is -2.66. The lowest BCUT2D eigenvalue weighted by atomic mass is 9.76. The van der Waals surface area contributed by atoms with Gasteiger partial charge in [0.25, 0.3) is 5.91 Å². The maximum atomic E-state index is 13.7. The Morgan fingerprint density at radius 3 is 2.82 bits per heavy atom. The fraction of sp³-hybridized carbons (Fsp3) is 0.345. The summed E-state index contributed by atoms with van der Waals surface area (Å²) in [5.74, 6) is 0.409. The zero-order valence-electron chi connectivity index (χ0n) is 21.7. The second-order valence-electron chi connectivity index (χ2n) is 11.0. The summed E-state index contributed by atoms with van der Waals surface area (Å²) in [6.45, 7) is 3.64. The van der Waals surface area contributed by atoms with E-state index in [-0.39, 0.29) is 17.6 Å². The number of imidazole rings is 1. The quantitative estimate of drug-likeness (QED) is 0.366. The average Bonchev–Trinajstić information content (AvgIpc) is 3.52. The molecule has 0 radical (unpaired) electrons. The van der Waals surface area contributed by atoms with E-state index in [1.807, 2.05) is 41.9 Å². The Balaban J connectivity index is 1.13. The van der Waals surface area contributed by atoms with Gasteiger partial charge in [0.05, 0.1) is 40.6 Å². The second-order valence-corrected chi connectivity index (χ2v) is 11.0. The molecule has 10 heteroatoms. The largest absolute Gasteiger partial charge is 0.387 e. The van der Waals surface area contributed by atoms with E-state index in [1.165, 1.54) is 12.1 Å². The number of amides is 1. The Kier molecular flexibility index (Phi) is 5.57. The monoisotopic (exact) mass is 527 g/mol. The van der Waals surface area contributed by atoms with Crippen LogP contribution >= 0.6 is 0 Å². The first-order valence-corrected chi connectivity index (χ1v) is 13.3. The second kappa shape index (κ2) is 9.03. The molecule has 1 atom stereocenters. The number of hydrogen-bond acceptors (Lipinski definition) is 7. The molecule has 0 saturated carbocycles. The van der Waals surface area contributed by atoms with Crippen LogP contribution in [0.4, 0.5) is 21.6 Å². The fourth-order valence-electron chi connectivity index (χ4n) is 6.43. The van der Waals surface area contributed by atoms with Crippen molar-refractivity contribution in [1.29, 1.82) is 0 Å². The number of benzene rings is 1. The van der Waals surface area contributed by atoms with Crippen LogP contribution < -0.4 is 15.5 Å². The molecular formula is C29H30FN7O2. The van der Waals surface area contributed by atoms with Gasteiger partial charge in [0.15, 0.2) is 0 Å². The number of rotatable bonds is 5. The molecule has 3 N–H and O–H groups in total. The number of aromatic nitrogens is 3. The molecule has 4 aromatic rings. The maximum Gasteiger partial charge on any atom is 0.254 e. The van der Waals surface area contributed by atoms with Crippen molar-refractivity contribution in [2.24, 2.45) is 5.92 Å². The highest BCUT2D eigenvalue weighted by atomic mass is 19.1. The van der Waals surface area contributed by atoms with Crippen molar-refractivity contribution >= 4 is 28.7 Å². The van der Waals surface area contributed by atoms with Crippen molar-refractivity contribution in [3.05, 3.63) is 71.9 Å². The lowest BCUT2D eigenvalue weighted by Gasteiger charge is -2.52. The van der Waals surface area contributed by atoms with Gasteiger partial charge in [-0.05, 0) is 49.7 Å². The highest BCUT2D eigenvalue weighted by Crippen LogP contribution is 2.37. The Bertz CT molecular complexity index is 1580. The zero-order valence-corrected chi connectivity index (χ0v) is 21.7. The smallest absolute Gasteiger partial charge is 0.254 e. The van der Waals surface area contributed by atoms with Crippen LogP contribution in [0.5, 0.6) is 0 Å². The van der Waals surface area contributed by atoms with E-state index >= 15 is 0 Å². The van der Waals surface area contributed by atoms with Crippen LogP contribution in [0.3, 0.4) is 0 Å². The third kappa shape index (κ3) is 4.11. The van der Waals surface area contributed by atoms with Crippen LogP contribution in [0.2, 0.25) is 0 Å². The van der Waals surface area contributed by atoms with Crippen LogP contribution in [-0.2, 0) is 6.54 Å². The van der Waals surface area contributed by atoms with Gasteiger partial charge in [0.2, 0.25) is 0 Å². The molecule has 39 heavy (non-hydrogen) atoms. The van der Waals surface area contributed by atoms with E-state index < -0.39 is 5.60 Å². The summed E-state index contributed by atoms with van der Waals surface area (Å²) in [6, 6.07) is 10.6. The van der Waals surface area contributed by atoms with E-state index in [0.29, 0.717) is 29.3 Å². The van der Waals surface area contributed by atoms with Crippen molar-refractivity contribution < 1.29 is 14.3 Å². The third-order valence-corrected chi connectivity index (χ3v) is 8.36. The molecular weight excluding hydrogens is 497 g/mol. The van der Waals surface area contributed by atoms with E-state index in [1.54, 1.807) is 12.4 Å². The van der Waals surface area contributed by atoms with Gasteiger partial charge in [-0.3, -0.25) is 9.20 Å².